The number of carbonyl (C=O) groups excluding carboxylic acids is 1. The van der Waals surface area contributed by atoms with E-state index < -0.39 is 22.5 Å². The number of amides is 1. The summed E-state index contributed by atoms with van der Waals surface area (Å²) in [6, 6.07) is 31.4. The molecule has 194 valence electrons. The minimum absolute atomic E-state index is 0.0850. The van der Waals surface area contributed by atoms with Crippen molar-refractivity contribution in [3.05, 3.63) is 120 Å². The molecule has 0 aliphatic carbocycles. The zero-order valence-electron chi connectivity index (χ0n) is 20.7. The van der Waals surface area contributed by atoms with E-state index in [1.807, 2.05) is 30.3 Å². The molecule has 0 saturated carbocycles. The van der Waals surface area contributed by atoms with Gasteiger partial charge in [0.15, 0.2) is 11.5 Å². The fourth-order valence-electron chi connectivity index (χ4n) is 3.59. The van der Waals surface area contributed by atoms with Crippen LogP contribution in [0.5, 0.6) is 11.5 Å². The van der Waals surface area contributed by atoms with Crippen molar-refractivity contribution in [2.45, 2.75) is 11.5 Å². The topological polar surface area (TPSA) is 97.3 Å². The molecule has 0 aliphatic rings. The number of nitrogens with zero attached hydrogens (tertiary/aromatic N) is 2. The van der Waals surface area contributed by atoms with Crippen LogP contribution in [0.4, 0.5) is 5.69 Å². The molecule has 0 unspecified atom stereocenters. The summed E-state index contributed by atoms with van der Waals surface area (Å²) < 4.78 is 38.9. The molecule has 4 rings (SSSR count). The summed E-state index contributed by atoms with van der Waals surface area (Å²) in [5.41, 5.74) is 4.46. The van der Waals surface area contributed by atoms with E-state index in [1.54, 1.807) is 73.8 Å². The number of ether oxygens (including phenoxy) is 2. The number of methoxy groups -OCH3 is 1. The second-order valence-corrected chi connectivity index (χ2v) is 10.0. The molecule has 8 nitrogen and oxygen atoms in total. The minimum Gasteiger partial charge on any atom is -0.493 e. The lowest BCUT2D eigenvalue weighted by Crippen LogP contribution is -2.39. The number of para-hydroxylation sites is 1. The molecule has 9 heteroatoms. The molecule has 0 saturated heterocycles. The van der Waals surface area contributed by atoms with E-state index in [-0.39, 0.29) is 4.90 Å². The second-order valence-electron chi connectivity index (χ2n) is 8.14. The molecular weight excluding hydrogens is 502 g/mol. The van der Waals surface area contributed by atoms with Gasteiger partial charge in [0.25, 0.3) is 15.9 Å². The lowest BCUT2D eigenvalue weighted by molar-refractivity contribution is -0.119. The Morgan fingerprint density at radius 1 is 0.868 bits per heavy atom. The monoisotopic (exact) mass is 529 g/mol. The van der Waals surface area contributed by atoms with Gasteiger partial charge >= 0.3 is 0 Å². The van der Waals surface area contributed by atoms with Crippen LogP contribution in [0.3, 0.4) is 0 Å². The molecule has 1 amide bonds. The van der Waals surface area contributed by atoms with Crippen molar-refractivity contribution in [2.24, 2.45) is 5.10 Å². The van der Waals surface area contributed by atoms with E-state index in [4.69, 9.17) is 9.47 Å². The smallest absolute Gasteiger partial charge is 0.264 e. The van der Waals surface area contributed by atoms with Gasteiger partial charge < -0.3 is 9.47 Å². The van der Waals surface area contributed by atoms with Crippen LogP contribution in [0.25, 0.3) is 0 Å². The van der Waals surface area contributed by atoms with E-state index >= 15 is 0 Å². The van der Waals surface area contributed by atoms with Crippen LogP contribution in [-0.2, 0) is 21.4 Å². The fraction of sp³-hybridized carbons (Fsp3) is 0.103. The summed E-state index contributed by atoms with van der Waals surface area (Å²) in [7, 11) is -2.44. The van der Waals surface area contributed by atoms with Gasteiger partial charge in [-0.05, 0) is 53.6 Å². The van der Waals surface area contributed by atoms with Crippen LogP contribution in [-0.4, -0.2) is 34.2 Å². The molecule has 0 atom stereocenters. The molecule has 0 bridgehead atoms. The third-order valence-corrected chi connectivity index (χ3v) is 7.28. The standard InChI is InChI=1S/C29H27N3O5S/c1-36-28-19-24(17-18-27(28)37-22-23-11-5-2-6-12-23)20-30-31-29(33)21-32(25-13-7-3-8-14-25)38(34,35)26-15-9-4-10-16-26/h2-20H,21-22H2,1H3,(H,31,33)/b30-20-. The van der Waals surface area contributed by atoms with Gasteiger partial charge in [0.05, 0.1) is 23.9 Å². The number of anilines is 1. The summed E-state index contributed by atoms with van der Waals surface area (Å²) in [6.45, 7) is -0.0569. The number of rotatable bonds is 11. The van der Waals surface area contributed by atoms with Gasteiger partial charge in [0.2, 0.25) is 0 Å². The van der Waals surface area contributed by atoms with Crippen molar-refractivity contribution in [2.75, 3.05) is 18.0 Å². The first-order valence-corrected chi connectivity index (χ1v) is 13.2. The van der Waals surface area contributed by atoms with E-state index in [9.17, 15) is 13.2 Å². The lowest BCUT2D eigenvalue weighted by atomic mass is 10.2. The number of carbonyl (C=O) groups is 1. The Hall–Kier alpha value is -4.63. The first-order valence-electron chi connectivity index (χ1n) is 11.8. The average Bonchev–Trinajstić information content (AvgIpc) is 2.96. The lowest BCUT2D eigenvalue weighted by Gasteiger charge is -2.23. The van der Waals surface area contributed by atoms with Gasteiger partial charge in [-0.1, -0.05) is 66.7 Å². The Balaban J connectivity index is 1.43. The Kier molecular flexibility index (Phi) is 8.73. The third kappa shape index (κ3) is 6.77. The fourth-order valence-corrected chi connectivity index (χ4v) is 5.03. The number of hydrogen-bond acceptors (Lipinski definition) is 6. The number of sulfonamides is 1. The normalized spacial score (nSPS) is 11.2. The zero-order valence-corrected chi connectivity index (χ0v) is 21.5. The summed E-state index contributed by atoms with van der Waals surface area (Å²) in [6.07, 6.45) is 1.44. The van der Waals surface area contributed by atoms with Gasteiger partial charge in [-0.2, -0.15) is 5.10 Å². The van der Waals surface area contributed by atoms with Gasteiger partial charge in [-0.25, -0.2) is 13.8 Å². The summed E-state index contributed by atoms with van der Waals surface area (Å²) in [5.74, 6) is 0.488. The minimum atomic E-state index is -3.98. The number of hydrogen-bond donors (Lipinski definition) is 1. The molecule has 4 aromatic rings. The van der Waals surface area contributed by atoms with Gasteiger partial charge in [-0.3, -0.25) is 9.10 Å². The molecule has 0 spiro atoms. The Morgan fingerprint density at radius 2 is 1.50 bits per heavy atom. The Morgan fingerprint density at radius 3 is 2.16 bits per heavy atom. The van der Waals surface area contributed by atoms with Gasteiger partial charge in [0.1, 0.15) is 13.2 Å². The van der Waals surface area contributed by atoms with Gasteiger partial charge in [-0.15, -0.1) is 0 Å². The van der Waals surface area contributed by atoms with Crippen molar-refractivity contribution in [1.82, 2.24) is 5.43 Å². The molecule has 0 fully saturated rings. The van der Waals surface area contributed by atoms with Crippen molar-refractivity contribution < 1.29 is 22.7 Å². The third-order valence-electron chi connectivity index (χ3n) is 5.49. The molecular formula is C29H27N3O5S. The molecule has 0 heterocycles. The van der Waals surface area contributed by atoms with Crippen molar-refractivity contribution in [1.29, 1.82) is 0 Å². The molecule has 1 N–H and O–H groups in total. The summed E-state index contributed by atoms with van der Waals surface area (Å²) in [4.78, 5) is 12.8. The Labute approximate surface area is 222 Å². The van der Waals surface area contributed by atoms with Crippen molar-refractivity contribution in [3.8, 4) is 11.5 Å². The SMILES string of the molecule is COc1cc(/C=N\NC(=O)CN(c2ccccc2)S(=O)(=O)c2ccccc2)ccc1OCc1ccccc1. The largest absolute Gasteiger partial charge is 0.493 e. The predicted octanol–water partition coefficient (Wildman–Crippen LogP) is 4.62. The van der Waals surface area contributed by atoms with E-state index in [2.05, 4.69) is 10.5 Å². The highest BCUT2D eigenvalue weighted by Gasteiger charge is 2.26. The highest BCUT2D eigenvalue weighted by atomic mass is 32.2. The molecule has 0 radical (unpaired) electrons. The van der Waals surface area contributed by atoms with Crippen LogP contribution in [0.15, 0.2) is 119 Å². The number of hydrazone groups is 1. The van der Waals surface area contributed by atoms with E-state index in [1.165, 1.54) is 18.3 Å². The predicted molar refractivity (Wildman–Crippen MR) is 147 cm³/mol. The second kappa shape index (κ2) is 12.6. The molecule has 0 aromatic heterocycles. The first-order chi connectivity index (χ1) is 18.5. The van der Waals surface area contributed by atoms with Crippen LogP contribution >= 0.6 is 0 Å². The highest BCUT2D eigenvalue weighted by molar-refractivity contribution is 7.92. The molecule has 38 heavy (non-hydrogen) atoms. The van der Waals surface area contributed by atoms with Crippen LogP contribution in [0.2, 0.25) is 0 Å². The molecule has 4 aromatic carbocycles. The Bertz CT molecular complexity index is 1480. The quantitative estimate of drug-likeness (QED) is 0.226. The van der Waals surface area contributed by atoms with Gasteiger partial charge in [0, 0.05) is 0 Å². The zero-order chi connectivity index (χ0) is 26.8. The van der Waals surface area contributed by atoms with Crippen molar-refractivity contribution >= 4 is 27.8 Å². The average molecular weight is 530 g/mol. The number of benzene rings is 4. The van der Waals surface area contributed by atoms with E-state index in [0.717, 1.165) is 9.87 Å². The maximum atomic E-state index is 13.3. The molecule has 0 aliphatic heterocycles. The van der Waals surface area contributed by atoms with Crippen LogP contribution in [0.1, 0.15) is 11.1 Å². The highest BCUT2D eigenvalue weighted by Crippen LogP contribution is 2.28. The summed E-state index contributed by atoms with van der Waals surface area (Å²) >= 11 is 0. The van der Waals surface area contributed by atoms with Crippen molar-refractivity contribution in [3.63, 3.8) is 0 Å². The maximum Gasteiger partial charge on any atom is 0.264 e. The number of nitrogens with one attached hydrogen (secondary N) is 1. The van der Waals surface area contributed by atoms with E-state index in [0.29, 0.717) is 29.4 Å². The van der Waals surface area contributed by atoms with Crippen LogP contribution in [0, 0.1) is 0 Å². The maximum absolute atomic E-state index is 13.3. The van der Waals surface area contributed by atoms with Crippen LogP contribution < -0.4 is 19.2 Å². The summed E-state index contributed by atoms with van der Waals surface area (Å²) in [5, 5.41) is 4.00. The first kappa shape index (κ1) is 26.4.